The molecule has 104 valence electrons. The van der Waals surface area contributed by atoms with Crippen molar-refractivity contribution in [2.24, 2.45) is 4.99 Å². The Morgan fingerprint density at radius 2 is 1.76 bits per heavy atom. The molecule has 0 fully saturated rings. The molecule has 4 rings (SSSR count). The molecule has 1 heterocycles. The van der Waals surface area contributed by atoms with Gasteiger partial charge >= 0.3 is 0 Å². The summed E-state index contributed by atoms with van der Waals surface area (Å²) >= 11 is 15.7. The molecule has 2 aromatic rings. The minimum absolute atomic E-state index is 0.563. The van der Waals surface area contributed by atoms with Gasteiger partial charge in [0.2, 0.25) is 0 Å². The minimum atomic E-state index is 0.563. The van der Waals surface area contributed by atoms with Crippen molar-refractivity contribution < 1.29 is 0 Å². The number of hydrogen-bond donors (Lipinski definition) is 0. The summed E-state index contributed by atoms with van der Waals surface area (Å²) in [6.45, 7) is 0. The maximum atomic E-state index is 6.09. The molecule has 4 heteroatoms. The Bertz CT molecular complexity index is 837. The summed E-state index contributed by atoms with van der Waals surface area (Å²) in [7, 11) is 0. The molecular formula is C17H10BrCl2N. The van der Waals surface area contributed by atoms with Crippen LogP contribution in [-0.2, 0) is 12.8 Å². The van der Waals surface area contributed by atoms with E-state index < -0.39 is 0 Å². The van der Waals surface area contributed by atoms with Gasteiger partial charge in [-0.25, -0.2) is 0 Å². The Hall–Kier alpha value is -1.09. The highest BCUT2D eigenvalue weighted by Crippen LogP contribution is 2.38. The van der Waals surface area contributed by atoms with Crippen molar-refractivity contribution in [2.75, 3.05) is 0 Å². The summed E-state index contributed by atoms with van der Waals surface area (Å²) in [5.41, 5.74) is 7.12. The number of aliphatic imine (C=N–C) groups is 1. The van der Waals surface area contributed by atoms with E-state index in [0.29, 0.717) is 10.0 Å². The zero-order valence-corrected chi connectivity index (χ0v) is 14.1. The SMILES string of the molecule is Clc1cc2c(cc1Cl)N=C(C1=Cc3ccc(Br)cc3C1)C2. The van der Waals surface area contributed by atoms with Crippen LogP contribution in [0.3, 0.4) is 0 Å². The average molecular weight is 379 g/mol. The van der Waals surface area contributed by atoms with Gasteiger partial charge in [0.05, 0.1) is 15.7 Å². The first-order chi connectivity index (χ1) is 10.1. The lowest BCUT2D eigenvalue weighted by Gasteiger charge is -2.01. The van der Waals surface area contributed by atoms with Crippen LogP contribution in [0.2, 0.25) is 10.0 Å². The Labute approximate surface area is 141 Å². The zero-order valence-electron chi connectivity index (χ0n) is 11.0. The quantitative estimate of drug-likeness (QED) is 0.574. The average Bonchev–Trinajstić information content (AvgIpc) is 3.02. The Kier molecular flexibility index (Phi) is 3.21. The Morgan fingerprint density at radius 1 is 0.952 bits per heavy atom. The van der Waals surface area contributed by atoms with Gasteiger partial charge in [0.25, 0.3) is 0 Å². The molecule has 0 spiro atoms. The fourth-order valence-electron chi connectivity index (χ4n) is 2.87. The molecule has 0 atom stereocenters. The van der Waals surface area contributed by atoms with Crippen LogP contribution in [0, 0.1) is 0 Å². The Morgan fingerprint density at radius 3 is 2.62 bits per heavy atom. The number of fused-ring (bicyclic) bond motifs is 2. The Balaban J connectivity index is 1.68. The molecule has 21 heavy (non-hydrogen) atoms. The maximum Gasteiger partial charge on any atom is 0.0685 e. The highest BCUT2D eigenvalue weighted by Gasteiger charge is 2.23. The van der Waals surface area contributed by atoms with E-state index >= 15 is 0 Å². The van der Waals surface area contributed by atoms with Gasteiger partial charge < -0.3 is 0 Å². The molecule has 0 amide bonds. The largest absolute Gasteiger partial charge is 0.252 e. The summed E-state index contributed by atoms with van der Waals surface area (Å²) in [4.78, 5) is 4.73. The van der Waals surface area contributed by atoms with E-state index in [9.17, 15) is 0 Å². The molecule has 0 unspecified atom stereocenters. The lowest BCUT2D eigenvalue weighted by molar-refractivity contribution is 1.24. The van der Waals surface area contributed by atoms with Crippen LogP contribution in [0.4, 0.5) is 5.69 Å². The van der Waals surface area contributed by atoms with Crippen LogP contribution in [0.25, 0.3) is 6.08 Å². The molecule has 1 aliphatic heterocycles. The third-order valence-corrected chi connectivity index (χ3v) is 5.14. The molecule has 0 radical (unpaired) electrons. The predicted octanol–water partition coefficient (Wildman–Crippen LogP) is 6.02. The smallest absolute Gasteiger partial charge is 0.0685 e. The van der Waals surface area contributed by atoms with Gasteiger partial charge in [-0.15, -0.1) is 0 Å². The summed E-state index contributed by atoms with van der Waals surface area (Å²) < 4.78 is 1.12. The molecule has 1 aliphatic carbocycles. The second kappa shape index (κ2) is 4.98. The molecule has 0 bridgehead atoms. The van der Waals surface area contributed by atoms with Crippen molar-refractivity contribution >= 4 is 56.6 Å². The van der Waals surface area contributed by atoms with E-state index in [1.54, 1.807) is 0 Å². The molecule has 0 N–H and O–H groups in total. The summed E-state index contributed by atoms with van der Waals surface area (Å²) in [6.07, 6.45) is 3.99. The first kappa shape index (κ1) is 13.6. The van der Waals surface area contributed by atoms with E-state index in [4.69, 9.17) is 28.2 Å². The highest BCUT2D eigenvalue weighted by molar-refractivity contribution is 9.10. The van der Waals surface area contributed by atoms with Gasteiger partial charge in [-0.05, 0) is 59.0 Å². The lowest BCUT2D eigenvalue weighted by Crippen LogP contribution is -2.02. The second-order valence-corrected chi connectivity index (χ2v) is 7.05. The van der Waals surface area contributed by atoms with Crippen LogP contribution >= 0.6 is 39.1 Å². The highest BCUT2D eigenvalue weighted by atomic mass is 79.9. The molecule has 2 aliphatic rings. The normalized spacial score (nSPS) is 15.6. The second-order valence-electron chi connectivity index (χ2n) is 5.32. The monoisotopic (exact) mass is 377 g/mol. The van der Waals surface area contributed by atoms with Crippen LogP contribution < -0.4 is 0 Å². The first-order valence-electron chi connectivity index (χ1n) is 6.65. The molecule has 1 nitrogen and oxygen atoms in total. The maximum absolute atomic E-state index is 6.09. The number of rotatable bonds is 1. The third-order valence-electron chi connectivity index (χ3n) is 3.92. The summed E-state index contributed by atoms with van der Waals surface area (Å²) in [5.74, 6) is 0. The number of nitrogens with zero attached hydrogens (tertiary/aromatic N) is 1. The number of benzene rings is 2. The standard InChI is InChI=1S/C17H10BrCl2N/c18-13-2-1-9-3-11(4-10(9)5-13)16-7-12-6-14(19)15(20)8-17(12)21-16/h1-3,5-6,8H,4,7H2. The van der Waals surface area contributed by atoms with Crippen molar-refractivity contribution in [3.05, 3.63) is 67.1 Å². The predicted molar refractivity (Wildman–Crippen MR) is 93.1 cm³/mol. The topological polar surface area (TPSA) is 12.4 Å². The van der Waals surface area contributed by atoms with Crippen molar-refractivity contribution in [2.45, 2.75) is 12.8 Å². The van der Waals surface area contributed by atoms with Gasteiger partial charge in [-0.3, -0.25) is 4.99 Å². The van der Waals surface area contributed by atoms with Crippen molar-refractivity contribution in [1.82, 2.24) is 0 Å². The van der Waals surface area contributed by atoms with Gasteiger partial charge in [0.15, 0.2) is 0 Å². The van der Waals surface area contributed by atoms with Crippen LogP contribution in [0.1, 0.15) is 16.7 Å². The van der Waals surface area contributed by atoms with Crippen LogP contribution in [0.5, 0.6) is 0 Å². The number of allylic oxidation sites excluding steroid dienone is 1. The van der Waals surface area contributed by atoms with Crippen LogP contribution in [-0.4, -0.2) is 5.71 Å². The molecule has 0 saturated heterocycles. The van der Waals surface area contributed by atoms with Crippen molar-refractivity contribution in [3.8, 4) is 0 Å². The minimum Gasteiger partial charge on any atom is -0.252 e. The van der Waals surface area contributed by atoms with Gasteiger partial charge in [0, 0.05) is 16.6 Å². The van der Waals surface area contributed by atoms with Crippen molar-refractivity contribution in [3.63, 3.8) is 0 Å². The van der Waals surface area contributed by atoms with Gasteiger partial charge in [-0.2, -0.15) is 0 Å². The fourth-order valence-corrected chi connectivity index (χ4v) is 3.62. The summed E-state index contributed by atoms with van der Waals surface area (Å²) in [6, 6.07) is 10.2. The fraction of sp³-hybridized carbons (Fsp3) is 0.118. The van der Waals surface area contributed by atoms with E-state index in [1.165, 1.54) is 16.7 Å². The van der Waals surface area contributed by atoms with E-state index in [1.807, 2.05) is 12.1 Å². The number of hydrogen-bond acceptors (Lipinski definition) is 1. The van der Waals surface area contributed by atoms with E-state index in [-0.39, 0.29) is 0 Å². The van der Waals surface area contributed by atoms with Crippen molar-refractivity contribution in [1.29, 1.82) is 0 Å². The summed E-state index contributed by atoms with van der Waals surface area (Å²) in [5, 5.41) is 1.16. The van der Waals surface area contributed by atoms with E-state index in [0.717, 1.165) is 34.3 Å². The third kappa shape index (κ3) is 2.36. The number of halogens is 3. The van der Waals surface area contributed by atoms with Gasteiger partial charge in [0.1, 0.15) is 0 Å². The molecule has 0 saturated carbocycles. The lowest BCUT2D eigenvalue weighted by atomic mass is 10.0. The van der Waals surface area contributed by atoms with Gasteiger partial charge in [-0.1, -0.05) is 45.2 Å². The van der Waals surface area contributed by atoms with Crippen LogP contribution in [0.15, 0.2) is 45.4 Å². The molecule has 2 aromatic carbocycles. The first-order valence-corrected chi connectivity index (χ1v) is 8.20. The molecular weight excluding hydrogens is 369 g/mol. The molecule has 0 aromatic heterocycles. The van der Waals surface area contributed by atoms with E-state index in [2.05, 4.69) is 40.2 Å². The zero-order chi connectivity index (χ0) is 14.6.